The molecule has 1 heterocycles. The summed E-state index contributed by atoms with van der Waals surface area (Å²) in [4.78, 5) is 8.48. The highest BCUT2D eigenvalue weighted by molar-refractivity contribution is 5.71. The van der Waals surface area contributed by atoms with Crippen molar-refractivity contribution in [3.05, 3.63) is 72.2 Å². The van der Waals surface area contributed by atoms with Crippen LogP contribution in [0.4, 0.5) is 0 Å². The predicted octanol–water partition coefficient (Wildman–Crippen LogP) is 4.81. The maximum absolute atomic E-state index is 5.97. The largest absolute Gasteiger partial charge is 0.438 e. The van der Waals surface area contributed by atoms with Gasteiger partial charge in [-0.15, -0.1) is 0 Å². The molecule has 0 spiro atoms. The monoisotopic (exact) mass is 290 g/mol. The number of aryl methyl sites for hydroxylation is 2. The van der Waals surface area contributed by atoms with Gasteiger partial charge in [-0.2, -0.15) is 0 Å². The molecule has 0 saturated carbocycles. The molecule has 22 heavy (non-hydrogen) atoms. The van der Waals surface area contributed by atoms with Crippen LogP contribution in [0, 0.1) is 6.92 Å². The van der Waals surface area contributed by atoms with Gasteiger partial charge in [-0.1, -0.05) is 48.9 Å². The molecule has 110 valence electrons. The molecule has 3 nitrogen and oxygen atoms in total. The fourth-order valence-electron chi connectivity index (χ4n) is 2.39. The fourth-order valence-corrected chi connectivity index (χ4v) is 2.39. The fraction of sp³-hybridized carbons (Fsp3) is 0.158. The minimum absolute atomic E-state index is 0.583. The highest BCUT2D eigenvalue weighted by Gasteiger charge is 2.12. The zero-order valence-corrected chi connectivity index (χ0v) is 12.8. The van der Waals surface area contributed by atoms with Crippen LogP contribution >= 0.6 is 0 Å². The lowest BCUT2D eigenvalue weighted by atomic mass is 10.00. The minimum Gasteiger partial charge on any atom is -0.438 e. The third-order valence-electron chi connectivity index (χ3n) is 3.60. The first-order valence-electron chi connectivity index (χ1n) is 7.40. The number of aromatic nitrogens is 2. The first kappa shape index (κ1) is 14.3. The van der Waals surface area contributed by atoms with Crippen LogP contribution in [-0.2, 0) is 6.42 Å². The first-order valence-corrected chi connectivity index (χ1v) is 7.40. The average Bonchev–Trinajstić information content (AvgIpc) is 2.57. The van der Waals surface area contributed by atoms with Gasteiger partial charge in [0.25, 0.3) is 0 Å². The van der Waals surface area contributed by atoms with Gasteiger partial charge in [-0.05, 0) is 36.6 Å². The summed E-state index contributed by atoms with van der Waals surface area (Å²) in [6.07, 6.45) is 4.28. The summed E-state index contributed by atoms with van der Waals surface area (Å²) in [6.45, 7) is 4.19. The van der Waals surface area contributed by atoms with Crippen molar-refractivity contribution in [3.8, 4) is 22.8 Å². The number of benzene rings is 2. The van der Waals surface area contributed by atoms with Gasteiger partial charge in [0.15, 0.2) is 0 Å². The van der Waals surface area contributed by atoms with Crippen molar-refractivity contribution in [2.45, 2.75) is 20.3 Å². The smallest absolute Gasteiger partial charge is 0.230 e. The van der Waals surface area contributed by atoms with E-state index < -0.39 is 0 Å². The van der Waals surface area contributed by atoms with E-state index in [-0.39, 0.29) is 0 Å². The average molecular weight is 290 g/mol. The van der Waals surface area contributed by atoms with Crippen molar-refractivity contribution < 1.29 is 4.74 Å². The van der Waals surface area contributed by atoms with Gasteiger partial charge in [0.2, 0.25) is 5.88 Å². The summed E-state index contributed by atoms with van der Waals surface area (Å²) in [7, 11) is 0. The summed E-state index contributed by atoms with van der Waals surface area (Å²) >= 11 is 0. The molecule has 0 aliphatic carbocycles. The zero-order chi connectivity index (χ0) is 15.4. The molecule has 0 N–H and O–H groups in total. The number of hydrogen-bond donors (Lipinski definition) is 0. The van der Waals surface area contributed by atoms with E-state index >= 15 is 0 Å². The summed E-state index contributed by atoms with van der Waals surface area (Å²) < 4.78 is 5.97. The van der Waals surface area contributed by atoms with E-state index in [0.717, 1.165) is 23.3 Å². The van der Waals surface area contributed by atoms with Crippen molar-refractivity contribution >= 4 is 0 Å². The highest BCUT2D eigenvalue weighted by Crippen LogP contribution is 2.32. The van der Waals surface area contributed by atoms with Crippen molar-refractivity contribution in [1.82, 2.24) is 9.97 Å². The second-order valence-corrected chi connectivity index (χ2v) is 5.17. The van der Waals surface area contributed by atoms with Crippen LogP contribution in [0.5, 0.6) is 11.6 Å². The SMILES string of the molecule is CCc1ccccc1-c1cncnc1Oc1ccc(C)cc1. The molecule has 0 unspecified atom stereocenters. The number of hydrogen-bond acceptors (Lipinski definition) is 3. The maximum Gasteiger partial charge on any atom is 0.230 e. The van der Waals surface area contributed by atoms with Gasteiger partial charge in [0.1, 0.15) is 12.1 Å². The van der Waals surface area contributed by atoms with Crippen LogP contribution in [-0.4, -0.2) is 9.97 Å². The molecule has 0 fully saturated rings. The van der Waals surface area contributed by atoms with Crippen LogP contribution in [0.25, 0.3) is 11.1 Å². The minimum atomic E-state index is 0.583. The predicted molar refractivity (Wildman–Crippen MR) is 88.1 cm³/mol. The molecule has 0 saturated heterocycles. The molecule has 0 aliphatic heterocycles. The van der Waals surface area contributed by atoms with Crippen LogP contribution in [0.1, 0.15) is 18.1 Å². The van der Waals surface area contributed by atoms with E-state index in [1.165, 1.54) is 17.5 Å². The van der Waals surface area contributed by atoms with Gasteiger partial charge < -0.3 is 4.74 Å². The third-order valence-corrected chi connectivity index (χ3v) is 3.60. The van der Waals surface area contributed by atoms with Gasteiger partial charge in [-0.3, -0.25) is 0 Å². The highest BCUT2D eigenvalue weighted by atomic mass is 16.5. The molecule has 3 heteroatoms. The number of nitrogens with zero attached hydrogens (tertiary/aromatic N) is 2. The van der Waals surface area contributed by atoms with E-state index in [9.17, 15) is 0 Å². The Labute approximate surface area is 130 Å². The van der Waals surface area contributed by atoms with Gasteiger partial charge in [0.05, 0.1) is 5.56 Å². The Morgan fingerprint density at radius 1 is 0.955 bits per heavy atom. The second kappa shape index (κ2) is 6.39. The lowest BCUT2D eigenvalue weighted by Gasteiger charge is -2.12. The molecule has 3 aromatic rings. The molecule has 1 aromatic heterocycles. The molecule has 0 radical (unpaired) electrons. The summed E-state index contributed by atoms with van der Waals surface area (Å²) in [5.41, 5.74) is 4.49. The second-order valence-electron chi connectivity index (χ2n) is 5.17. The topological polar surface area (TPSA) is 35.0 Å². The Kier molecular flexibility index (Phi) is 4.15. The van der Waals surface area contributed by atoms with E-state index in [4.69, 9.17) is 4.74 Å². The molecule has 0 bridgehead atoms. The Hall–Kier alpha value is -2.68. The lowest BCUT2D eigenvalue weighted by Crippen LogP contribution is -1.95. The van der Waals surface area contributed by atoms with Crippen molar-refractivity contribution in [2.75, 3.05) is 0 Å². The van der Waals surface area contributed by atoms with E-state index in [0.29, 0.717) is 5.88 Å². The van der Waals surface area contributed by atoms with Gasteiger partial charge in [-0.25, -0.2) is 9.97 Å². The number of ether oxygens (including phenoxy) is 1. The van der Waals surface area contributed by atoms with Crippen molar-refractivity contribution in [1.29, 1.82) is 0 Å². The quantitative estimate of drug-likeness (QED) is 0.692. The summed E-state index contributed by atoms with van der Waals surface area (Å²) in [5.74, 6) is 1.36. The molecule has 2 aromatic carbocycles. The summed E-state index contributed by atoms with van der Waals surface area (Å²) in [6, 6.07) is 16.2. The standard InChI is InChI=1S/C19H18N2O/c1-3-15-6-4-5-7-17(15)18-12-20-13-21-19(18)22-16-10-8-14(2)9-11-16/h4-13H,3H2,1-2H3. The van der Waals surface area contributed by atoms with E-state index in [1.807, 2.05) is 42.6 Å². The molecular weight excluding hydrogens is 272 g/mol. The third kappa shape index (κ3) is 2.98. The Bertz CT molecular complexity index is 766. The lowest BCUT2D eigenvalue weighted by molar-refractivity contribution is 0.463. The van der Waals surface area contributed by atoms with Crippen LogP contribution in [0.15, 0.2) is 61.1 Å². The van der Waals surface area contributed by atoms with Gasteiger partial charge >= 0.3 is 0 Å². The Morgan fingerprint density at radius 2 is 1.73 bits per heavy atom. The van der Waals surface area contributed by atoms with E-state index in [1.54, 1.807) is 0 Å². The van der Waals surface area contributed by atoms with Crippen molar-refractivity contribution in [3.63, 3.8) is 0 Å². The molecule has 0 aliphatic rings. The first-order chi connectivity index (χ1) is 10.8. The summed E-state index contributed by atoms with van der Waals surface area (Å²) in [5, 5.41) is 0. The van der Waals surface area contributed by atoms with Crippen LogP contribution < -0.4 is 4.74 Å². The maximum atomic E-state index is 5.97. The molecular formula is C19H18N2O. The zero-order valence-electron chi connectivity index (χ0n) is 12.8. The number of rotatable bonds is 4. The van der Waals surface area contributed by atoms with E-state index in [2.05, 4.69) is 35.9 Å². The normalized spacial score (nSPS) is 10.5. The van der Waals surface area contributed by atoms with Crippen molar-refractivity contribution in [2.24, 2.45) is 0 Å². The molecule has 0 atom stereocenters. The van der Waals surface area contributed by atoms with Gasteiger partial charge in [0, 0.05) is 6.20 Å². The Morgan fingerprint density at radius 3 is 2.50 bits per heavy atom. The molecule has 3 rings (SSSR count). The van der Waals surface area contributed by atoms with Crippen LogP contribution in [0.3, 0.4) is 0 Å². The van der Waals surface area contributed by atoms with Crippen LogP contribution in [0.2, 0.25) is 0 Å². The Balaban J connectivity index is 2.01. The molecule has 0 amide bonds.